The molecule has 1 aromatic heterocycles. The third-order valence-corrected chi connectivity index (χ3v) is 3.13. The van der Waals surface area contributed by atoms with E-state index in [1.165, 1.54) is 0 Å². The Morgan fingerprint density at radius 2 is 2.21 bits per heavy atom. The Bertz CT molecular complexity index is 586. The Balaban J connectivity index is 2.50. The Morgan fingerprint density at radius 3 is 2.89 bits per heavy atom. The van der Waals surface area contributed by atoms with Crippen molar-refractivity contribution >= 4 is 16.9 Å². The molecule has 2 aromatic rings. The molecule has 0 radical (unpaired) electrons. The highest BCUT2D eigenvalue weighted by Gasteiger charge is 2.18. The molecule has 2 rings (SSSR count). The van der Waals surface area contributed by atoms with E-state index in [1.54, 1.807) is 6.92 Å². The second-order valence-corrected chi connectivity index (χ2v) is 4.58. The van der Waals surface area contributed by atoms with Gasteiger partial charge in [0, 0.05) is 17.5 Å². The van der Waals surface area contributed by atoms with Gasteiger partial charge in [0.15, 0.2) is 0 Å². The van der Waals surface area contributed by atoms with Gasteiger partial charge in [-0.15, -0.1) is 0 Å². The van der Waals surface area contributed by atoms with Crippen molar-refractivity contribution in [3.8, 4) is 0 Å². The molecule has 0 fully saturated rings. The molecule has 4 heteroatoms. The average molecular weight is 261 g/mol. The van der Waals surface area contributed by atoms with Crippen molar-refractivity contribution < 1.29 is 14.6 Å². The van der Waals surface area contributed by atoms with Crippen LogP contribution in [0.4, 0.5) is 0 Å². The van der Waals surface area contributed by atoms with Gasteiger partial charge >= 0.3 is 5.97 Å². The maximum atomic E-state index is 12.0. The number of rotatable bonds is 5. The molecule has 102 valence electrons. The van der Waals surface area contributed by atoms with Crippen molar-refractivity contribution in [1.82, 2.24) is 4.98 Å². The smallest absolute Gasteiger partial charge is 0.355 e. The average Bonchev–Trinajstić information content (AvgIpc) is 2.74. The van der Waals surface area contributed by atoms with Crippen LogP contribution in [0, 0.1) is 6.92 Å². The molecule has 2 N–H and O–H groups in total. The van der Waals surface area contributed by atoms with Crippen molar-refractivity contribution in [1.29, 1.82) is 0 Å². The number of aliphatic hydroxyl groups excluding tert-OH is 1. The van der Waals surface area contributed by atoms with Gasteiger partial charge in [0.05, 0.1) is 6.61 Å². The fraction of sp³-hybridized carbons (Fsp3) is 0.400. The number of H-pyrrole nitrogens is 1. The molecule has 0 saturated carbocycles. The molecule has 4 nitrogen and oxygen atoms in total. The van der Waals surface area contributed by atoms with Gasteiger partial charge < -0.3 is 14.8 Å². The molecule has 0 aliphatic rings. The summed E-state index contributed by atoms with van der Waals surface area (Å²) in [7, 11) is 0. The van der Waals surface area contributed by atoms with Gasteiger partial charge in [0.25, 0.3) is 0 Å². The highest BCUT2D eigenvalue weighted by Crippen LogP contribution is 2.25. The maximum Gasteiger partial charge on any atom is 0.355 e. The van der Waals surface area contributed by atoms with E-state index in [0.717, 1.165) is 22.0 Å². The predicted octanol–water partition coefficient (Wildman–Crippen LogP) is 2.58. The lowest BCUT2D eigenvalue weighted by Gasteiger charge is -2.03. The van der Waals surface area contributed by atoms with Gasteiger partial charge in [-0.3, -0.25) is 0 Å². The summed E-state index contributed by atoms with van der Waals surface area (Å²) in [6.45, 7) is 4.27. The largest absolute Gasteiger partial charge is 0.461 e. The number of esters is 1. The first-order valence-corrected chi connectivity index (χ1v) is 6.56. The maximum absolute atomic E-state index is 12.0. The zero-order chi connectivity index (χ0) is 13.8. The van der Waals surface area contributed by atoms with Gasteiger partial charge in [-0.05, 0) is 43.9 Å². The second kappa shape index (κ2) is 5.89. The number of aliphatic hydroxyl groups is 1. The van der Waals surface area contributed by atoms with Crippen LogP contribution in [-0.4, -0.2) is 29.3 Å². The molecular formula is C15H19NO3. The number of aromatic nitrogens is 1. The second-order valence-electron chi connectivity index (χ2n) is 4.58. The predicted molar refractivity (Wildman–Crippen MR) is 74.4 cm³/mol. The van der Waals surface area contributed by atoms with Crippen molar-refractivity contribution in [2.24, 2.45) is 0 Å². The Kier molecular flexibility index (Phi) is 4.22. The van der Waals surface area contributed by atoms with Gasteiger partial charge in [-0.1, -0.05) is 12.1 Å². The van der Waals surface area contributed by atoms with Crippen molar-refractivity contribution in [3.63, 3.8) is 0 Å². The van der Waals surface area contributed by atoms with Gasteiger partial charge in [-0.25, -0.2) is 4.79 Å². The minimum absolute atomic E-state index is 0.112. The summed E-state index contributed by atoms with van der Waals surface area (Å²) in [5.41, 5.74) is 3.52. The molecular weight excluding hydrogens is 242 g/mol. The van der Waals surface area contributed by atoms with Gasteiger partial charge in [0.1, 0.15) is 5.69 Å². The normalized spacial score (nSPS) is 10.9. The lowest BCUT2D eigenvalue weighted by Crippen LogP contribution is -2.08. The summed E-state index contributed by atoms with van der Waals surface area (Å²) >= 11 is 0. The van der Waals surface area contributed by atoms with E-state index in [2.05, 4.69) is 4.98 Å². The highest BCUT2D eigenvalue weighted by molar-refractivity contribution is 5.98. The van der Waals surface area contributed by atoms with E-state index in [9.17, 15) is 4.79 Å². The zero-order valence-corrected chi connectivity index (χ0v) is 11.3. The van der Waals surface area contributed by atoms with Crippen LogP contribution in [0.5, 0.6) is 0 Å². The molecule has 0 spiro atoms. The number of hydrogen-bond acceptors (Lipinski definition) is 3. The molecule has 0 unspecified atom stereocenters. The summed E-state index contributed by atoms with van der Waals surface area (Å²) in [4.78, 5) is 15.1. The number of ether oxygens (including phenoxy) is 1. The Labute approximate surface area is 112 Å². The van der Waals surface area contributed by atoms with Crippen LogP contribution in [0.15, 0.2) is 18.2 Å². The summed E-state index contributed by atoms with van der Waals surface area (Å²) in [5, 5.41) is 10.0. The standard InChI is InChI=1S/C15H19NO3/c1-3-19-15(18)14-12(5-4-8-17)11-7-6-10(2)9-13(11)16-14/h6-7,9,16-17H,3-5,8H2,1-2H3. The first kappa shape index (κ1) is 13.6. The van der Waals surface area contributed by atoms with E-state index >= 15 is 0 Å². The van der Waals surface area contributed by atoms with E-state index in [0.29, 0.717) is 25.1 Å². The van der Waals surface area contributed by atoms with E-state index in [1.807, 2.05) is 25.1 Å². The fourth-order valence-corrected chi connectivity index (χ4v) is 2.26. The molecule has 0 amide bonds. The topological polar surface area (TPSA) is 62.3 Å². The number of aromatic amines is 1. The number of benzene rings is 1. The van der Waals surface area contributed by atoms with Crippen LogP contribution in [0.25, 0.3) is 10.9 Å². The highest BCUT2D eigenvalue weighted by atomic mass is 16.5. The minimum atomic E-state index is -0.329. The van der Waals surface area contributed by atoms with Crippen LogP contribution in [0.2, 0.25) is 0 Å². The van der Waals surface area contributed by atoms with Crippen molar-refractivity contribution in [3.05, 3.63) is 35.0 Å². The molecule has 0 atom stereocenters. The SMILES string of the molecule is CCOC(=O)c1[nH]c2cc(C)ccc2c1CCCO. The van der Waals surface area contributed by atoms with E-state index < -0.39 is 0 Å². The van der Waals surface area contributed by atoms with Crippen molar-refractivity contribution in [2.75, 3.05) is 13.2 Å². The summed E-state index contributed by atoms with van der Waals surface area (Å²) < 4.78 is 5.08. The molecule has 19 heavy (non-hydrogen) atoms. The third-order valence-electron chi connectivity index (χ3n) is 3.13. The molecule has 0 aliphatic carbocycles. The number of hydrogen-bond donors (Lipinski definition) is 2. The quantitative estimate of drug-likeness (QED) is 0.813. The van der Waals surface area contributed by atoms with Crippen LogP contribution >= 0.6 is 0 Å². The van der Waals surface area contributed by atoms with Crippen LogP contribution in [0.1, 0.15) is 35.0 Å². The summed E-state index contributed by atoms with van der Waals surface area (Å²) in [5.74, 6) is -0.329. The number of carbonyl (C=O) groups is 1. The lowest BCUT2D eigenvalue weighted by molar-refractivity contribution is 0.0519. The van der Waals surface area contributed by atoms with E-state index in [-0.39, 0.29) is 12.6 Å². The molecule has 0 saturated heterocycles. The fourth-order valence-electron chi connectivity index (χ4n) is 2.26. The summed E-state index contributed by atoms with van der Waals surface area (Å²) in [6, 6.07) is 6.05. The van der Waals surface area contributed by atoms with Crippen molar-refractivity contribution in [2.45, 2.75) is 26.7 Å². The first-order chi connectivity index (χ1) is 9.17. The monoisotopic (exact) mass is 261 g/mol. The Hall–Kier alpha value is -1.81. The van der Waals surface area contributed by atoms with Crippen LogP contribution < -0.4 is 0 Å². The molecule has 0 bridgehead atoms. The Morgan fingerprint density at radius 1 is 1.42 bits per heavy atom. The summed E-state index contributed by atoms with van der Waals surface area (Å²) in [6.07, 6.45) is 1.29. The number of fused-ring (bicyclic) bond motifs is 1. The lowest BCUT2D eigenvalue weighted by atomic mass is 10.0. The third kappa shape index (κ3) is 2.79. The zero-order valence-electron chi connectivity index (χ0n) is 11.3. The van der Waals surface area contributed by atoms with Crippen LogP contribution in [-0.2, 0) is 11.2 Å². The number of carbonyl (C=O) groups excluding carboxylic acids is 1. The molecule has 1 heterocycles. The number of nitrogens with one attached hydrogen (secondary N) is 1. The van der Waals surface area contributed by atoms with Gasteiger partial charge in [0.2, 0.25) is 0 Å². The van der Waals surface area contributed by atoms with Crippen LogP contribution in [0.3, 0.4) is 0 Å². The number of aryl methyl sites for hydroxylation is 2. The molecule has 1 aromatic carbocycles. The molecule has 0 aliphatic heterocycles. The van der Waals surface area contributed by atoms with Gasteiger partial charge in [-0.2, -0.15) is 0 Å². The van der Waals surface area contributed by atoms with E-state index in [4.69, 9.17) is 9.84 Å². The first-order valence-electron chi connectivity index (χ1n) is 6.56. The minimum Gasteiger partial charge on any atom is -0.461 e.